The van der Waals surface area contributed by atoms with E-state index in [2.05, 4.69) is 12.2 Å². The van der Waals surface area contributed by atoms with Crippen LogP contribution < -0.4 is 5.32 Å². The van der Waals surface area contributed by atoms with E-state index < -0.39 is 0 Å². The van der Waals surface area contributed by atoms with E-state index in [1.165, 1.54) is 0 Å². The summed E-state index contributed by atoms with van der Waals surface area (Å²) >= 11 is 0. The number of hydrogen-bond donors (Lipinski definition) is 1. The fraction of sp³-hybridized carbons (Fsp3) is 0.462. The highest BCUT2D eigenvalue weighted by Gasteiger charge is 2.20. The lowest BCUT2D eigenvalue weighted by Crippen LogP contribution is -2.37. The van der Waals surface area contributed by atoms with Gasteiger partial charge in [-0.05, 0) is 18.5 Å². The topological polar surface area (TPSA) is 32.3 Å². The summed E-state index contributed by atoms with van der Waals surface area (Å²) in [5.74, 6) is 0.0969. The number of amides is 1. The molecule has 1 unspecified atom stereocenters. The molecule has 0 radical (unpaired) electrons. The highest BCUT2D eigenvalue weighted by molar-refractivity contribution is 5.82. The molecule has 1 aromatic carbocycles. The first-order chi connectivity index (χ1) is 7.66. The van der Waals surface area contributed by atoms with E-state index in [0.717, 1.165) is 18.5 Å². The van der Waals surface area contributed by atoms with Gasteiger partial charge in [-0.15, -0.1) is 0 Å². The number of nitrogens with zero attached hydrogens (tertiary/aromatic N) is 1. The van der Waals surface area contributed by atoms with Crippen LogP contribution in [0.15, 0.2) is 30.3 Å². The second-order valence-corrected chi connectivity index (χ2v) is 4.03. The van der Waals surface area contributed by atoms with Crippen molar-refractivity contribution in [2.75, 3.05) is 20.6 Å². The van der Waals surface area contributed by atoms with Gasteiger partial charge in [0.05, 0.1) is 0 Å². The van der Waals surface area contributed by atoms with Crippen molar-refractivity contribution in [1.82, 2.24) is 10.2 Å². The van der Waals surface area contributed by atoms with Crippen molar-refractivity contribution in [2.45, 2.75) is 19.4 Å². The van der Waals surface area contributed by atoms with E-state index in [0.29, 0.717) is 0 Å². The number of nitrogens with one attached hydrogen (secondary N) is 1. The van der Waals surface area contributed by atoms with Gasteiger partial charge in [0.2, 0.25) is 5.91 Å². The fourth-order valence-electron chi connectivity index (χ4n) is 1.54. The van der Waals surface area contributed by atoms with Crippen LogP contribution in [0.25, 0.3) is 0 Å². The first-order valence-electron chi connectivity index (χ1n) is 5.66. The Morgan fingerprint density at radius 2 is 1.94 bits per heavy atom. The van der Waals surface area contributed by atoms with E-state index in [1.807, 2.05) is 30.3 Å². The molecule has 1 aromatic rings. The van der Waals surface area contributed by atoms with E-state index in [-0.39, 0.29) is 11.9 Å². The van der Waals surface area contributed by atoms with Crippen molar-refractivity contribution in [3.8, 4) is 0 Å². The minimum absolute atomic E-state index is 0.0969. The molecule has 0 aliphatic heterocycles. The maximum absolute atomic E-state index is 12.0. The number of carbonyl (C=O) groups excluding carboxylic acids is 1. The molecule has 0 heterocycles. The van der Waals surface area contributed by atoms with Crippen molar-refractivity contribution >= 4 is 5.91 Å². The van der Waals surface area contributed by atoms with Gasteiger partial charge in [0.1, 0.15) is 6.04 Å². The maximum Gasteiger partial charge on any atom is 0.243 e. The molecule has 3 heteroatoms. The molecule has 0 aliphatic carbocycles. The summed E-state index contributed by atoms with van der Waals surface area (Å²) in [7, 11) is 3.57. The molecule has 0 bridgehead atoms. The average molecular weight is 220 g/mol. The predicted octanol–water partition coefficient (Wildman–Crippen LogP) is 1.82. The van der Waals surface area contributed by atoms with Gasteiger partial charge in [0, 0.05) is 14.1 Å². The van der Waals surface area contributed by atoms with Gasteiger partial charge in [0.15, 0.2) is 0 Å². The predicted molar refractivity (Wildman–Crippen MR) is 66.2 cm³/mol. The summed E-state index contributed by atoms with van der Waals surface area (Å²) in [4.78, 5) is 13.6. The first kappa shape index (κ1) is 12.7. The Hall–Kier alpha value is -1.35. The monoisotopic (exact) mass is 220 g/mol. The number of benzene rings is 1. The number of hydrogen-bond acceptors (Lipinski definition) is 2. The molecular weight excluding hydrogens is 200 g/mol. The zero-order valence-corrected chi connectivity index (χ0v) is 10.2. The summed E-state index contributed by atoms with van der Waals surface area (Å²) in [6.45, 7) is 2.94. The Labute approximate surface area is 97.5 Å². The van der Waals surface area contributed by atoms with Gasteiger partial charge in [-0.3, -0.25) is 4.79 Å². The molecule has 88 valence electrons. The molecule has 1 N–H and O–H groups in total. The highest BCUT2D eigenvalue weighted by Crippen LogP contribution is 2.14. The van der Waals surface area contributed by atoms with Crippen molar-refractivity contribution in [1.29, 1.82) is 0 Å². The van der Waals surface area contributed by atoms with Crippen LogP contribution in [0.4, 0.5) is 0 Å². The Morgan fingerprint density at radius 1 is 1.31 bits per heavy atom. The molecule has 0 saturated heterocycles. The van der Waals surface area contributed by atoms with Crippen LogP contribution in [0, 0.1) is 0 Å². The summed E-state index contributed by atoms with van der Waals surface area (Å²) in [5, 5.41) is 3.28. The molecule has 0 spiro atoms. The van der Waals surface area contributed by atoms with Crippen LogP contribution in [0.5, 0.6) is 0 Å². The first-order valence-corrected chi connectivity index (χ1v) is 5.66. The lowest BCUT2D eigenvalue weighted by atomic mass is 10.1. The van der Waals surface area contributed by atoms with Crippen molar-refractivity contribution in [3.63, 3.8) is 0 Å². The largest absolute Gasteiger partial charge is 0.347 e. The van der Waals surface area contributed by atoms with Crippen LogP contribution in [0.1, 0.15) is 24.9 Å². The van der Waals surface area contributed by atoms with Crippen LogP contribution in [0.3, 0.4) is 0 Å². The summed E-state index contributed by atoms with van der Waals surface area (Å²) < 4.78 is 0. The van der Waals surface area contributed by atoms with Crippen molar-refractivity contribution in [2.24, 2.45) is 0 Å². The van der Waals surface area contributed by atoms with Crippen molar-refractivity contribution in [3.05, 3.63) is 35.9 Å². The molecular formula is C13H20N2O. The minimum Gasteiger partial charge on any atom is -0.347 e. The molecule has 0 aromatic heterocycles. The zero-order valence-electron chi connectivity index (χ0n) is 10.2. The van der Waals surface area contributed by atoms with Crippen LogP contribution in [-0.4, -0.2) is 31.4 Å². The van der Waals surface area contributed by atoms with Crippen LogP contribution in [0.2, 0.25) is 0 Å². The second kappa shape index (κ2) is 6.28. The second-order valence-electron chi connectivity index (χ2n) is 4.03. The fourth-order valence-corrected chi connectivity index (χ4v) is 1.54. The average Bonchev–Trinajstić information content (AvgIpc) is 2.30. The standard InChI is InChI=1S/C13H20N2O/c1-4-10-14-12(13(16)15(2)3)11-8-6-5-7-9-11/h5-9,12,14H,4,10H2,1-3H3. The minimum atomic E-state index is -0.226. The molecule has 1 atom stereocenters. The lowest BCUT2D eigenvalue weighted by Gasteiger charge is -2.21. The molecule has 0 saturated carbocycles. The maximum atomic E-state index is 12.0. The summed E-state index contributed by atoms with van der Waals surface area (Å²) in [6.07, 6.45) is 1.02. The third-order valence-electron chi connectivity index (χ3n) is 2.42. The van der Waals surface area contributed by atoms with E-state index >= 15 is 0 Å². The van der Waals surface area contributed by atoms with E-state index in [4.69, 9.17) is 0 Å². The van der Waals surface area contributed by atoms with E-state index in [1.54, 1.807) is 19.0 Å². The van der Waals surface area contributed by atoms with Gasteiger partial charge in [0.25, 0.3) is 0 Å². The zero-order chi connectivity index (χ0) is 12.0. The van der Waals surface area contributed by atoms with Gasteiger partial charge in [-0.2, -0.15) is 0 Å². The SMILES string of the molecule is CCCNC(C(=O)N(C)C)c1ccccc1. The van der Waals surface area contributed by atoms with Crippen molar-refractivity contribution < 1.29 is 4.79 Å². The molecule has 1 amide bonds. The molecule has 0 aliphatic rings. The Balaban J connectivity index is 2.83. The normalized spacial score (nSPS) is 12.2. The number of likely N-dealkylation sites (N-methyl/N-ethyl adjacent to an activating group) is 1. The van der Waals surface area contributed by atoms with E-state index in [9.17, 15) is 4.79 Å². The molecule has 1 rings (SSSR count). The summed E-state index contributed by atoms with van der Waals surface area (Å²) in [6, 6.07) is 9.61. The summed E-state index contributed by atoms with van der Waals surface area (Å²) in [5.41, 5.74) is 1.02. The lowest BCUT2D eigenvalue weighted by molar-refractivity contribution is -0.131. The van der Waals surface area contributed by atoms with Gasteiger partial charge < -0.3 is 10.2 Å². The molecule has 3 nitrogen and oxygen atoms in total. The van der Waals surface area contributed by atoms with Crippen LogP contribution in [-0.2, 0) is 4.79 Å². The Bertz CT molecular complexity index is 322. The third kappa shape index (κ3) is 3.35. The van der Waals surface area contributed by atoms with Gasteiger partial charge in [-0.1, -0.05) is 37.3 Å². The number of rotatable bonds is 5. The van der Waals surface area contributed by atoms with Crippen LogP contribution >= 0.6 is 0 Å². The Morgan fingerprint density at radius 3 is 2.44 bits per heavy atom. The molecule has 16 heavy (non-hydrogen) atoms. The third-order valence-corrected chi connectivity index (χ3v) is 2.42. The Kier molecular flexibility index (Phi) is 4.99. The smallest absolute Gasteiger partial charge is 0.243 e. The highest BCUT2D eigenvalue weighted by atomic mass is 16.2. The quantitative estimate of drug-likeness (QED) is 0.821. The van der Waals surface area contributed by atoms with Gasteiger partial charge in [-0.25, -0.2) is 0 Å². The molecule has 0 fully saturated rings. The number of carbonyl (C=O) groups is 1. The van der Waals surface area contributed by atoms with Gasteiger partial charge >= 0.3 is 0 Å².